The van der Waals surface area contributed by atoms with E-state index in [0.29, 0.717) is 17.8 Å². The Bertz CT molecular complexity index is 670. The van der Waals surface area contributed by atoms with Crippen LogP contribution in [0.15, 0.2) is 30.5 Å². The Morgan fingerprint density at radius 3 is 2.77 bits per heavy atom. The van der Waals surface area contributed by atoms with Gasteiger partial charge >= 0.3 is 0 Å². The van der Waals surface area contributed by atoms with E-state index in [1.807, 2.05) is 24.4 Å². The number of hydrogen-bond donors (Lipinski definition) is 3. The first-order valence-corrected chi connectivity index (χ1v) is 8.10. The molecule has 0 unspecified atom stereocenters. The van der Waals surface area contributed by atoms with Crippen molar-refractivity contribution in [2.45, 2.75) is 39.2 Å². The highest BCUT2D eigenvalue weighted by atomic mass is 16.2. The van der Waals surface area contributed by atoms with Crippen LogP contribution in [0.4, 0.5) is 0 Å². The highest BCUT2D eigenvalue weighted by Crippen LogP contribution is 2.51. The lowest BCUT2D eigenvalue weighted by Gasteiger charge is -2.21. The van der Waals surface area contributed by atoms with Gasteiger partial charge in [-0.05, 0) is 42.2 Å². The summed E-state index contributed by atoms with van der Waals surface area (Å²) in [4.78, 5) is 15.5. The number of fused-ring (bicyclic) bond motifs is 1. The van der Waals surface area contributed by atoms with Gasteiger partial charge in [-0.25, -0.2) is 0 Å². The van der Waals surface area contributed by atoms with Gasteiger partial charge in [0.1, 0.15) is 0 Å². The Labute approximate surface area is 131 Å². The number of nitrogens with two attached hydrogens (primary N) is 1. The number of carbonyl (C=O) groups excluding carboxylic acids is 1. The number of rotatable bonds is 6. The Balaban J connectivity index is 1.59. The summed E-state index contributed by atoms with van der Waals surface area (Å²) < 4.78 is 0. The van der Waals surface area contributed by atoms with Crippen LogP contribution in [0.1, 0.15) is 32.3 Å². The smallest absolute Gasteiger partial charge is 0.237 e. The van der Waals surface area contributed by atoms with Crippen LogP contribution in [0, 0.1) is 11.3 Å². The summed E-state index contributed by atoms with van der Waals surface area (Å²) in [5, 5.41) is 4.20. The number of hydrogen-bond acceptors (Lipinski definition) is 2. The lowest BCUT2D eigenvalue weighted by atomic mass is 9.92. The fourth-order valence-corrected chi connectivity index (χ4v) is 3.14. The summed E-state index contributed by atoms with van der Waals surface area (Å²) >= 11 is 0. The predicted octanol–water partition coefficient (Wildman–Crippen LogP) is 2.59. The second-order valence-electron chi connectivity index (χ2n) is 6.90. The molecular weight excluding hydrogens is 274 g/mol. The van der Waals surface area contributed by atoms with E-state index in [0.717, 1.165) is 23.0 Å². The first kappa shape index (κ1) is 15.1. The van der Waals surface area contributed by atoms with Crippen LogP contribution in [0.25, 0.3) is 10.9 Å². The number of aromatic amines is 1. The Hall–Kier alpha value is -1.81. The number of carbonyl (C=O) groups is 1. The Kier molecular flexibility index (Phi) is 3.96. The topological polar surface area (TPSA) is 70.9 Å². The summed E-state index contributed by atoms with van der Waals surface area (Å²) in [6.45, 7) is 5.21. The molecule has 0 aliphatic heterocycles. The normalized spacial score (nSPS) is 17.6. The van der Waals surface area contributed by atoms with E-state index in [-0.39, 0.29) is 5.91 Å². The average Bonchev–Trinajstić information content (AvgIpc) is 3.21. The molecule has 1 aromatic heterocycles. The number of amides is 1. The number of para-hydroxylation sites is 1. The lowest BCUT2D eigenvalue weighted by Crippen LogP contribution is -2.44. The molecular formula is C18H25N3O. The van der Waals surface area contributed by atoms with Crippen LogP contribution in [0.3, 0.4) is 0 Å². The molecule has 0 spiro atoms. The van der Waals surface area contributed by atoms with E-state index in [1.54, 1.807) is 0 Å². The van der Waals surface area contributed by atoms with Crippen LogP contribution in [-0.4, -0.2) is 23.5 Å². The summed E-state index contributed by atoms with van der Waals surface area (Å²) in [7, 11) is 0. The summed E-state index contributed by atoms with van der Waals surface area (Å²) in [5.74, 6) is 0.565. The number of H-pyrrole nitrogens is 1. The van der Waals surface area contributed by atoms with Crippen LogP contribution in [0.2, 0.25) is 0 Å². The summed E-state index contributed by atoms with van der Waals surface area (Å²) in [5.41, 5.74) is 8.60. The number of aromatic nitrogens is 1. The predicted molar refractivity (Wildman–Crippen MR) is 89.5 cm³/mol. The second kappa shape index (κ2) is 5.76. The molecule has 1 aromatic carbocycles. The minimum Gasteiger partial charge on any atom is -0.361 e. The second-order valence-corrected chi connectivity index (χ2v) is 6.90. The van der Waals surface area contributed by atoms with Gasteiger partial charge < -0.3 is 16.0 Å². The summed E-state index contributed by atoms with van der Waals surface area (Å²) in [6.07, 6.45) is 4.93. The van der Waals surface area contributed by atoms with Crippen molar-refractivity contribution in [2.24, 2.45) is 17.1 Å². The zero-order valence-corrected chi connectivity index (χ0v) is 13.4. The molecule has 118 valence electrons. The van der Waals surface area contributed by atoms with Gasteiger partial charge in [0, 0.05) is 23.6 Å². The largest absolute Gasteiger partial charge is 0.361 e. The van der Waals surface area contributed by atoms with E-state index in [2.05, 4.69) is 30.2 Å². The molecule has 22 heavy (non-hydrogen) atoms. The van der Waals surface area contributed by atoms with Crippen molar-refractivity contribution in [1.29, 1.82) is 0 Å². The zero-order valence-electron chi connectivity index (χ0n) is 13.4. The maximum atomic E-state index is 12.3. The van der Waals surface area contributed by atoms with Gasteiger partial charge in [-0.1, -0.05) is 32.0 Å². The van der Waals surface area contributed by atoms with Crippen LogP contribution < -0.4 is 11.1 Å². The van der Waals surface area contributed by atoms with E-state index in [1.165, 1.54) is 12.8 Å². The molecule has 0 radical (unpaired) electrons. The standard InChI is InChI=1S/C18H25N3O/c1-12(2)18(7-8-18)11-21-17(22)15(19)9-13-10-20-16-6-4-3-5-14(13)16/h3-6,10,12,15,20H,7-9,11,19H2,1-2H3,(H,21,22)/t15-/m0/s1. The summed E-state index contributed by atoms with van der Waals surface area (Å²) in [6, 6.07) is 7.59. The van der Waals surface area contributed by atoms with E-state index >= 15 is 0 Å². The van der Waals surface area contributed by atoms with Gasteiger partial charge in [-0.15, -0.1) is 0 Å². The molecule has 1 saturated carbocycles. The van der Waals surface area contributed by atoms with E-state index in [9.17, 15) is 4.79 Å². The number of nitrogens with one attached hydrogen (secondary N) is 2. The van der Waals surface area contributed by atoms with Crippen molar-refractivity contribution >= 4 is 16.8 Å². The maximum Gasteiger partial charge on any atom is 0.237 e. The molecule has 0 bridgehead atoms. The van der Waals surface area contributed by atoms with Gasteiger partial charge in [-0.3, -0.25) is 4.79 Å². The molecule has 1 heterocycles. The van der Waals surface area contributed by atoms with E-state index in [4.69, 9.17) is 5.73 Å². The van der Waals surface area contributed by atoms with Crippen LogP contribution >= 0.6 is 0 Å². The monoisotopic (exact) mass is 299 g/mol. The Morgan fingerprint density at radius 2 is 2.09 bits per heavy atom. The molecule has 1 amide bonds. The third-order valence-electron chi connectivity index (χ3n) is 5.18. The fraction of sp³-hybridized carbons (Fsp3) is 0.500. The van der Waals surface area contributed by atoms with Crippen molar-refractivity contribution in [3.8, 4) is 0 Å². The maximum absolute atomic E-state index is 12.3. The SMILES string of the molecule is CC(C)C1(CNC(=O)[C@@H](N)Cc2c[nH]c3ccccc23)CC1. The van der Waals surface area contributed by atoms with Crippen LogP contribution in [-0.2, 0) is 11.2 Å². The van der Waals surface area contributed by atoms with Gasteiger partial charge in [0.15, 0.2) is 0 Å². The van der Waals surface area contributed by atoms with Gasteiger partial charge in [-0.2, -0.15) is 0 Å². The van der Waals surface area contributed by atoms with E-state index < -0.39 is 6.04 Å². The minimum atomic E-state index is -0.498. The minimum absolute atomic E-state index is 0.0443. The molecule has 3 rings (SSSR count). The third kappa shape index (κ3) is 2.88. The molecule has 4 nitrogen and oxygen atoms in total. The first-order chi connectivity index (χ1) is 10.5. The fourth-order valence-electron chi connectivity index (χ4n) is 3.14. The highest BCUT2D eigenvalue weighted by Gasteiger charge is 2.45. The molecule has 1 atom stereocenters. The van der Waals surface area contributed by atoms with Crippen molar-refractivity contribution < 1.29 is 4.79 Å². The third-order valence-corrected chi connectivity index (χ3v) is 5.18. The highest BCUT2D eigenvalue weighted by molar-refractivity contribution is 5.86. The van der Waals surface area contributed by atoms with Crippen molar-refractivity contribution in [2.75, 3.05) is 6.54 Å². The Morgan fingerprint density at radius 1 is 1.36 bits per heavy atom. The van der Waals surface area contributed by atoms with Crippen molar-refractivity contribution in [1.82, 2.24) is 10.3 Å². The van der Waals surface area contributed by atoms with Gasteiger partial charge in [0.05, 0.1) is 6.04 Å². The average molecular weight is 299 g/mol. The molecule has 0 saturated heterocycles. The van der Waals surface area contributed by atoms with Crippen LogP contribution in [0.5, 0.6) is 0 Å². The molecule has 4 heteroatoms. The molecule has 1 aliphatic rings. The first-order valence-electron chi connectivity index (χ1n) is 8.10. The molecule has 4 N–H and O–H groups in total. The molecule has 1 aliphatic carbocycles. The molecule has 2 aromatic rings. The van der Waals surface area contributed by atoms with Crippen molar-refractivity contribution in [3.63, 3.8) is 0 Å². The zero-order chi connectivity index (χ0) is 15.7. The molecule has 1 fully saturated rings. The quantitative estimate of drug-likeness (QED) is 0.767. The van der Waals surface area contributed by atoms with Gasteiger partial charge in [0.25, 0.3) is 0 Å². The van der Waals surface area contributed by atoms with Crippen molar-refractivity contribution in [3.05, 3.63) is 36.0 Å². The number of benzene rings is 1. The van der Waals surface area contributed by atoms with Gasteiger partial charge in [0.2, 0.25) is 5.91 Å². The lowest BCUT2D eigenvalue weighted by molar-refractivity contribution is -0.122.